The van der Waals surface area contributed by atoms with E-state index >= 15 is 0 Å². The fraction of sp³-hybridized carbons (Fsp3) is 0.650. The number of aliphatic imine (C=N–C) groups is 2. The lowest BCUT2D eigenvalue weighted by Gasteiger charge is -2.25. The Morgan fingerprint density at radius 3 is 2.39 bits per heavy atom. The van der Waals surface area contributed by atoms with Crippen molar-refractivity contribution in [2.24, 2.45) is 9.98 Å². The normalized spacial score (nSPS) is 17.7. The van der Waals surface area contributed by atoms with Crippen LogP contribution in [0.3, 0.4) is 0 Å². The Hall–Kier alpha value is -2.17. The van der Waals surface area contributed by atoms with Crippen LogP contribution in [-0.4, -0.2) is 74.2 Å². The lowest BCUT2D eigenvalue weighted by Crippen LogP contribution is -2.37. The van der Waals surface area contributed by atoms with Crippen molar-refractivity contribution in [3.8, 4) is 0 Å². The van der Waals surface area contributed by atoms with E-state index in [-0.39, 0.29) is 11.4 Å². The quantitative estimate of drug-likeness (QED) is 0.289. The number of benzene rings is 1. The zero-order chi connectivity index (χ0) is 22.5. The van der Waals surface area contributed by atoms with Crippen molar-refractivity contribution in [2.75, 3.05) is 39.4 Å². The monoisotopic (exact) mass is 454 g/mol. The highest BCUT2D eigenvalue weighted by molar-refractivity contribution is 7.85. The molecule has 10 nitrogen and oxygen atoms in total. The number of morpholine rings is 1. The fourth-order valence-electron chi connectivity index (χ4n) is 3.31. The van der Waals surface area contributed by atoms with Crippen molar-refractivity contribution in [1.82, 2.24) is 4.90 Å². The summed E-state index contributed by atoms with van der Waals surface area (Å²) in [5, 5.41) is 10.1. The third-order valence-corrected chi connectivity index (χ3v) is 5.92. The van der Waals surface area contributed by atoms with Gasteiger partial charge in [-0.05, 0) is 25.0 Å². The van der Waals surface area contributed by atoms with Gasteiger partial charge in [0.15, 0.2) is 0 Å². The van der Waals surface area contributed by atoms with Gasteiger partial charge in [0.1, 0.15) is 0 Å². The first-order chi connectivity index (χ1) is 14.8. The van der Waals surface area contributed by atoms with E-state index in [9.17, 15) is 18.5 Å². The second kappa shape index (κ2) is 13.3. The molecule has 0 atom stereocenters. The van der Waals surface area contributed by atoms with E-state index in [4.69, 9.17) is 9.29 Å². The predicted octanol–water partition coefficient (Wildman–Crippen LogP) is 2.54. The van der Waals surface area contributed by atoms with Crippen LogP contribution in [0.4, 0.5) is 0 Å². The molecule has 1 saturated carbocycles. The lowest BCUT2D eigenvalue weighted by molar-refractivity contribution is -0.496. The zero-order valence-electron chi connectivity index (χ0n) is 17.6. The maximum atomic E-state index is 10.6. The molecule has 0 bridgehead atoms. The van der Waals surface area contributed by atoms with Gasteiger partial charge < -0.3 is 4.74 Å². The van der Waals surface area contributed by atoms with Crippen LogP contribution in [0.2, 0.25) is 0 Å². The third kappa shape index (κ3) is 10.6. The molecule has 11 heteroatoms. The number of nitrogens with zero attached hydrogens (tertiary/aromatic N) is 4. The molecule has 1 aliphatic carbocycles. The molecule has 0 amide bonds. The van der Waals surface area contributed by atoms with Crippen LogP contribution in [0, 0.1) is 10.1 Å². The molecule has 1 aromatic rings. The molecule has 0 radical (unpaired) electrons. The van der Waals surface area contributed by atoms with Crippen LogP contribution in [0.5, 0.6) is 0 Å². The number of hydrogen-bond acceptors (Lipinski definition) is 8. The van der Waals surface area contributed by atoms with Crippen LogP contribution in [-0.2, 0) is 21.4 Å². The lowest BCUT2D eigenvalue weighted by atomic mass is 9.96. The van der Waals surface area contributed by atoms with Gasteiger partial charge in [0.05, 0.1) is 36.7 Å². The van der Waals surface area contributed by atoms with Crippen molar-refractivity contribution < 1.29 is 22.6 Å². The molecular formula is C20H30N4O6S. The van der Waals surface area contributed by atoms with Crippen LogP contribution in [0.1, 0.15) is 37.7 Å². The van der Waals surface area contributed by atoms with Crippen LogP contribution in [0.25, 0.3) is 0 Å². The van der Waals surface area contributed by atoms with E-state index in [1.54, 1.807) is 0 Å². The molecule has 0 unspecified atom stereocenters. The minimum absolute atomic E-state index is 0.274. The number of ether oxygens (including phenoxy) is 1. The number of nitro groups is 1. The zero-order valence-corrected chi connectivity index (χ0v) is 18.4. The molecule has 2 fully saturated rings. The van der Waals surface area contributed by atoms with Gasteiger partial charge in [-0.25, -0.2) is 9.98 Å². The van der Waals surface area contributed by atoms with Crippen LogP contribution in [0.15, 0.2) is 39.1 Å². The molecule has 1 N–H and O–H groups in total. The Kier molecular flexibility index (Phi) is 10.8. The summed E-state index contributed by atoms with van der Waals surface area (Å²) in [7, 11) is -4.22. The van der Waals surface area contributed by atoms with Crippen molar-refractivity contribution in [2.45, 2.75) is 49.6 Å². The van der Waals surface area contributed by atoms with E-state index in [0.29, 0.717) is 11.6 Å². The topological polar surface area (TPSA) is 135 Å². The summed E-state index contributed by atoms with van der Waals surface area (Å²) in [4.78, 5) is 20.3. The molecule has 0 spiro atoms. The Balaban J connectivity index is 0.000000225. The maximum Gasteiger partial charge on any atom is 0.294 e. The van der Waals surface area contributed by atoms with E-state index in [0.717, 1.165) is 51.5 Å². The molecule has 31 heavy (non-hydrogen) atoms. The highest BCUT2D eigenvalue weighted by Gasteiger charge is 2.11. The number of rotatable bonds is 7. The first kappa shape index (κ1) is 25.1. The second-order valence-corrected chi connectivity index (χ2v) is 8.89. The van der Waals surface area contributed by atoms with Crippen molar-refractivity contribution in [1.29, 1.82) is 0 Å². The molecule has 3 rings (SSSR count). The van der Waals surface area contributed by atoms with E-state index < -0.39 is 15.0 Å². The largest absolute Gasteiger partial charge is 0.379 e. The van der Waals surface area contributed by atoms with Gasteiger partial charge in [0.25, 0.3) is 10.1 Å². The summed E-state index contributed by atoms with van der Waals surface area (Å²) in [5.74, 6) is 0. The molecular weight excluding hydrogens is 424 g/mol. The summed E-state index contributed by atoms with van der Waals surface area (Å²) in [6.45, 7) is 5.25. The SMILES string of the molecule is C(=NCCN1CCOCC1)=NC1CCCCC1.O=[N+]([O-])Cc1ccc(S(=O)(=O)O)cc1. The van der Waals surface area contributed by atoms with E-state index in [1.807, 2.05) is 0 Å². The standard InChI is InChI=1S/C13H23N3O.C7H7NO5S/c1-2-4-13(5-3-1)15-12-14-6-7-16-8-10-17-11-9-16;9-8(10)5-6-1-3-7(4-2-6)14(11,12)13/h13H,1-11H2;1-4H,5H2,(H,11,12,13). The van der Waals surface area contributed by atoms with Crippen LogP contribution < -0.4 is 0 Å². The molecule has 0 aromatic heterocycles. The molecule has 2 aliphatic rings. The smallest absolute Gasteiger partial charge is 0.294 e. The second-order valence-electron chi connectivity index (χ2n) is 7.47. The van der Waals surface area contributed by atoms with Gasteiger partial charge in [-0.15, -0.1) is 0 Å². The van der Waals surface area contributed by atoms with Crippen molar-refractivity contribution in [3.05, 3.63) is 39.9 Å². The fourth-order valence-corrected chi connectivity index (χ4v) is 3.79. The minimum atomic E-state index is -4.22. The maximum absolute atomic E-state index is 10.6. The van der Waals surface area contributed by atoms with Gasteiger partial charge in [0.2, 0.25) is 6.54 Å². The summed E-state index contributed by atoms with van der Waals surface area (Å²) < 4.78 is 35.1. The average Bonchev–Trinajstić information content (AvgIpc) is 2.75. The van der Waals surface area contributed by atoms with Gasteiger partial charge in [-0.3, -0.25) is 19.6 Å². The van der Waals surface area contributed by atoms with E-state index in [2.05, 4.69) is 20.9 Å². The van der Waals surface area contributed by atoms with Crippen LogP contribution >= 0.6 is 0 Å². The van der Waals surface area contributed by atoms with Crippen molar-refractivity contribution >= 4 is 16.1 Å². The predicted molar refractivity (Wildman–Crippen MR) is 116 cm³/mol. The number of hydrogen-bond donors (Lipinski definition) is 1. The van der Waals surface area contributed by atoms with Gasteiger partial charge in [-0.1, -0.05) is 31.4 Å². The molecule has 1 heterocycles. The Labute approximate surface area is 182 Å². The summed E-state index contributed by atoms with van der Waals surface area (Å²) in [6, 6.07) is 8.19. The minimum Gasteiger partial charge on any atom is -0.379 e. The molecule has 172 valence electrons. The molecule has 1 saturated heterocycles. The van der Waals surface area contributed by atoms with E-state index in [1.165, 1.54) is 44.2 Å². The van der Waals surface area contributed by atoms with Gasteiger partial charge >= 0.3 is 0 Å². The van der Waals surface area contributed by atoms with Crippen molar-refractivity contribution in [3.63, 3.8) is 0 Å². The van der Waals surface area contributed by atoms with Gasteiger partial charge in [0, 0.05) is 30.1 Å². The first-order valence-corrected chi connectivity index (χ1v) is 11.9. The molecule has 1 aromatic carbocycles. The Bertz CT molecular complexity index is 841. The molecule has 1 aliphatic heterocycles. The Morgan fingerprint density at radius 2 is 1.81 bits per heavy atom. The first-order valence-electron chi connectivity index (χ1n) is 10.4. The highest BCUT2D eigenvalue weighted by atomic mass is 32.2. The summed E-state index contributed by atoms with van der Waals surface area (Å²) in [5.41, 5.74) is 0.377. The highest BCUT2D eigenvalue weighted by Crippen LogP contribution is 2.19. The average molecular weight is 455 g/mol. The summed E-state index contributed by atoms with van der Waals surface area (Å²) >= 11 is 0. The Morgan fingerprint density at radius 1 is 1.16 bits per heavy atom. The van der Waals surface area contributed by atoms with Gasteiger partial charge in [-0.2, -0.15) is 8.42 Å². The third-order valence-electron chi connectivity index (χ3n) is 5.05. The summed E-state index contributed by atoms with van der Waals surface area (Å²) in [6.07, 6.45) is 6.48.